The van der Waals surface area contributed by atoms with Gasteiger partial charge in [-0.2, -0.15) is 5.26 Å². The molecule has 1 heterocycles. The van der Waals surface area contributed by atoms with Crippen LogP contribution in [0.1, 0.15) is 25.3 Å². The van der Waals surface area contributed by atoms with Crippen LogP contribution in [0.2, 0.25) is 0 Å². The lowest BCUT2D eigenvalue weighted by atomic mass is 10.1. The zero-order chi connectivity index (χ0) is 14.2. The standard InChI is InChI=1S/C16H22N2O2/c1-2-19-15-7-5-9-18(13-15)10-11-20-16-8-4-3-6-14(16)12-17/h3-4,6,8,15H,2,5,7,9-11,13H2,1H3. The zero-order valence-corrected chi connectivity index (χ0v) is 12.0. The molecular formula is C16H22N2O2. The van der Waals surface area contributed by atoms with Gasteiger partial charge in [0.05, 0.1) is 11.7 Å². The van der Waals surface area contributed by atoms with Gasteiger partial charge in [0.25, 0.3) is 0 Å². The van der Waals surface area contributed by atoms with Gasteiger partial charge in [0.1, 0.15) is 18.4 Å². The van der Waals surface area contributed by atoms with Gasteiger partial charge < -0.3 is 9.47 Å². The SMILES string of the molecule is CCOC1CCCN(CCOc2ccccc2C#N)C1. The van der Waals surface area contributed by atoms with Gasteiger partial charge >= 0.3 is 0 Å². The van der Waals surface area contributed by atoms with Crippen molar-refractivity contribution in [2.45, 2.75) is 25.9 Å². The molecule has 1 aromatic carbocycles. The van der Waals surface area contributed by atoms with Crippen molar-refractivity contribution in [3.63, 3.8) is 0 Å². The van der Waals surface area contributed by atoms with Crippen molar-refractivity contribution < 1.29 is 9.47 Å². The normalized spacial score (nSPS) is 19.5. The Labute approximate surface area is 120 Å². The van der Waals surface area contributed by atoms with Crippen molar-refractivity contribution in [2.24, 2.45) is 0 Å². The van der Waals surface area contributed by atoms with Crippen LogP contribution in [0.3, 0.4) is 0 Å². The molecule has 1 fully saturated rings. The van der Waals surface area contributed by atoms with Crippen LogP contribution in [-0.4, -0.2) is 43.9 Å². The monoisotopic (exact) mass is 274 g/mol. The minimum Gasteiger partial charge on any atom is -0.491 e. The molecule has 0 amide bonds. The summed E-state index contributed by atoms with van der Waals surface area (Å²) in [5, 5.41) is 9.00. The van der Waals surface area contributed by atoms with Crippen LogP contribution in [0.25, 0.3) is 0 Å². The molecule has 4 nitrogen and oxygen atoms in total. The molecule has 1 aliphatic rings. The van der Waals surface area contributed by atoms with Crippen molar-refractivity contribution in [2.75, 3.05) is 32.8 Å². The summed E-state index contributed by atoms with van der Waals surface area (Å²) in [6.07, 6.45) is 2.70. The molecule has 0 aromatic heterocycles. The van der Waals surface area contributed by atoms with Gasteiger partial charge in [-0.05, 0) is 38.4 Å². The predicted molar refractivity (Wildman–Crippen MR) is 77.7 cm³/mol. The highest BCUT2D eigenvalue weighted by Gasteiger charge is 2.19. The second kappa shape index (κ2) is 7.88. The fourth-order valence-electron chi connectivity index (χ4n) is 2.56. The second-order valence-electron chi connectivity index (χ2n) is 4.98. The first kappa shape index (κ1) is 14.8. The quantitative estimate of drug-likeness (QED) is 0.799. The van der Waals surface area contributed by atoms with Crippen LogP contribution in [-0.2, 0) is 4.74 Å². The van der Waals surface area contributed by atoms with Crippen molar-refractivity contribution in [1.82, 2.24) is 4.90 Å². The average molecular weight is 274 g/mol. The van der Waals surface area contributed by atoms with E-state index in [1.54, 1.807) is 6.07 Å². The smallest absolute Gasteiger partial charge is 0.137 e. The summed E-state index contributed by atoms with van der Waals surface area (Å²) in [6, 6.07) is 9.51. The van der Waals surface area contributed by atoms with E-state index in [1.165, 1.54) is 6.42 Å². The summed E-state index contributed by atoms with van der Waals surface area (Å²) >= 11 is 0. The molecule has 0 spiro atoms. The van der Waals surface area contributed by atoms with Crippen LogP contribution in [0.15, 0.2) is 24.3 Å². The highest BCUT2D eigenvalue weighted by Crippen LogP contribution is 2.17. The third kappa shape index (κ3) is 4.22. The van der Waals surface area contributed by atoms with E-state index < -0.39 is 0 Å². The van der Waals surface area contributed by atoms with Gasteiger partial charge in [-0.15, -0.1) is 0 Å². The lowest BCUT2D eigenvalue weighted by Crippen LogP contribution is -2.41. The fourth-order valence-corrected chi connectivity index (χ4v) is 2.56. The second-order valence-corrected chi connectivity index (χ2v) is 4.98. The fraction of sp³-hybridized carbons (Fsp3) is 0.562. The molecule has 4 heteroatoms. The Morgan fingerprint density at radius 3 is 3.05 bits per heavy atom. The minimum atomic E-state index is 0.361. The van der Waals surface area contributed by atoms with Crippen molar-refractivity contribution >= 4 is 0 Å². The van der Waals surface area contributed by atoms with Gasteiger partial charge in [-0.3, -0.25) is 4.90 Å². The van der Waals surface area contributed by atoms with Crippen LogP contribution in [0.4, 0.5) is 0 Å². The Hall–Kier alpha value is -1.57. The van der Waals surface area contributed by atoms with Gasteiger partial charge in [0.2, 0.25) is 0 Å². The van der Waals surface area contributed by atoms with Crippen LogP contribution < -0.4 is 4.74 Å². The van der Waals surface area contributed by atoms with E-state index in [0.29, 0.717) is 24.0 Å². The Balaban J connectivity index is 1.77. The van der Waals surface area contributed by atoms with E-state index in [4.69, 9.17) is 14.7 Å². The molecule has 0 aliphatic carbocycles. The molecular weight excluding hydrogens is 252 g/mol. The van der Waals surface area contributed by atoms with Crippen molar-refractivity contribution in [3.8, 4) is 11.8 Å². The lowest BCUT2D eigenvalue weighted by Gasteiger charge is -2.32. The number of nitrogens with zero attached hydrogens (tertiary/aromatic N) is 2. The molecule has 0 radical (unpaired) electrons. The maximum atomic E-state index is 9.00. The van der Waals surface area contributed by atoms with Gasteiger partial charge in [-0.1, -0.05) is 12.1 Å². The number of hydrogen-bond acceptors (Lipinski definition) is 4. The number of likely N-dealkylation sites (tertiary alicyclic amines) is 1. The topological polar surface area (TPSA) is 45.5 Å². The molecule has 1 aliphatic heterocycles. The molecule has 1 saturated heterocycles. The first-order valence-corrected chi connectivity index (χ1v) is 7.29. The van der Waals surface area contributed by atoms with Crippen molar-refractivity contribution in [1.29, 1.82) is 5.26 Å². The minimum absolute atomic E-state index is 0.361. The largest absolute Gasteiger partial charge is 0.491 e. The number of ether oxygens (including phenoxy) is 2. The molecule has 1 atom stereocenters. The summed E-state index contributed by atoms with van der Waals surface area (Å²) in [5.41, 5.74) is 0.596. The zero-order valence-electron chi connectivity index (χ0n) is 12.0. The molecule has 1 aromatic rings. The number of para-hydroxylation sites is 1. The predicted octanol–water partition coefficient (Wildman–Crippen LogP) is 2.44. The Morgan fingerprint density at radius 1 is 1.40 bits per heavy atom. The lowest BCUT2D eigenvalue weighted by molar-refractivity contribution is 0.00303. The highest BCUT2D eigenvalue weighted by atomic mass is 16.5. The summed E-state index contributed by atoms with van der Waals surface area (Å²) in [4.78, 5) is 2.37. The van der Waals surface area contributed by atoms with E-state index in [1.807, 2.05) is 25.1 Å². The number of nitriles is 1. The van der Waals surface area contributed by atoms with Gasteiger partial charge in [0, 0.05) is 19.7 Å². The number of rotatable bonds is 6. The number of piperidine rings is 1. The van der Waals surface area contributed by atoms with E-state index in [2.05, 4.69) is 11.0 Å². The third-order valence-corrected chi connectivity index (χ3v) is 3.54. The maximum absolute atomic E-state index is 9.00. The number of benzene rings is 1. The molecule has 0 saturated carbocycles. The summed E-state index contributed by atoms with van der Waals surface area (Å²) < 4.78 is 11.4. The molecule has 0 N–H and O–H groups in total. The highest BCUT2D eigenvalue weighted by molar-refractivity contribution is 5.42. The molecule has 2 rings (SSSR count). The Kier molecular flexibility index (Phi) is 5.85. The first-order valence-electron chi connectivity index (χ1n) is 7.29. The van der Waals surface area contributed by atoms with Crippen molar-refractivity contribution in [3.05, 3.63) is 29.8 Å². The summed E-state index contributed by atoms with van der Waals surface area (Å²) in [5.74, 6) is 0.674. The Morgan fingerprint density at radius 2 is 2.25 bits per heavy atom. The first-order chi connectivity index (χ1) is 9.83. The summed E-state index contributed by atoms with van der Waals surface area (Å²) in [7, 11) is 0. The maximum Gasteiger partial charge on any atom is 0.137 e. The molecule has 1 unspecified atom stereocenters. The number of hydrogen-bond donors (Lipinski definition) is 0. The van der Waals surface area contributed by atoms with Gasteiger partial charge in [0.15, 0.2) is 0 Å². The van der Waals surface area contributed by atoms with Crippen LogP contribution in [0.5, 0.6) is 5.75 Å². The van der Waals surface area contributed by atoms with Crippen LogP contribution >= 0.6 is 0 Å². The van der Waals surface area contributed by atoms with E-state index >= 15 is 0 Å². The van der Waals surface area contributed by atoms with Crippen LogP contribution in [0, 0.1) is 11.3 Å². The summed E-state index contributed by atoms with van der Waals surface area (Å²) in [6.45, 7) is 6.40. The molecule has 108 valence electrons. The third-order valence-electron chi connectivity index (χ3n) is 3.54. The van der Waals surface area contributed by atoms with E-state index in [-0.39, 0.29) is 0 Å². The average Bonchev–Trinajstić information content (AvgIpc) is 2.48. The molecule has 0 bridgehead atoms. The van der Waals surface area contributed by atoms with E-state index in [0.717, 1.165) is 32.7 Å². The van der Waals surface area contributed by atoms with Gasteiger partial charge in [-0.25, -0.2) is 0 Å². The molecule has 20 heavy (non-hydrogen) atoms. The Bertz CT molecular complexity index is 454. The van der Waals surface area contributed by atoms with E-state index in [9.17, 15) is 0 Å².